The van der Waals surface area contributed by atoms with E-state index in [0.29, 0.717) is 11.6 Å². The first-order valence-electron chi connectivity index (χ1n) is 9.70. The first-order valence-corrected chi connectivity index (χ1v) is 9.70. The van der Waals surface area contributed by atoms with Crippen LogP contribution in [0.15, 0.2) is 63.8 Å². The van der Waals surface area contributed by atoms with Crippen molar-refractivity contribution in [2.75, 3.05) is 13.1 Å². The molecule has 1 N–H and O–H groups in total. The summed E-state index contributed by atoms with van der Waals surface area (Å²) in [5.74, 6) is 0. The van der Waals surface area contributed by atoms with Gasteiger partial charge in [0.2, 0.25) is 0 Å². The van der Waals surface area contributed by atoms with E-state index >= 15 is 0 Å². The predicted octanol–water partition coefficient (Wildman–Crippen LogP) is 3.86. The fraction of sp³-hybridized carbons (Fsp3) is 0.348. The molecule has 0 amide bonds. The Morgan fingerprint density at radius 3 is 2.59 bits per heavy atom. The van der Waals surface area contributed by atoms with Gasteiger partial charge in [-0.05, 0) is 55.6 Å². The lowest BCUT2D eigenvalue weighted by molar-refractivity contribution is 0.190. The highest BCUT2D eigenvalue weighted by molar-refractivity contribution is 5.80. The third-order valence-electron chi connectivity index (χ3n) is 5.45. The van der Waals surface area contributed by atoms with Crippen molar-refractivity contribution in [2.24, 2.45) is 0 Å². The maximum Gasteiger partial charge on any atom is 0.336 e. The number of piperidine rings is 1. The molecule has 0 bridgehead atoms. The van der Waals surface area contributed by atoms with Gasteiger partial charge in [-0.2, -0.15) is 0 Å². The zero-order chi connectivity index (χ0) is 18.6. The molecule has 1 aliphatic rings. The summed E-state index contributed by atoms with van der Waals surface area (Å²) < 4.78 is 5.36. The lowest BCUT2D eigenvalue weighted by Crippen LogP contribution is -2.41. The molecule has 0 atom stereocenters. The molecule has 1 aliphatic heterocycles. The van der Waals surface area contributed by atoms with Crippen LogP contribution in [0, 0.1) is 6.92 Å². The van der Waals surface area contributed by atoms with E-state index in [0.717, 1.165) is 55.5 Å². The molecular formula is C23H26N2O2. The lowest BCUT2D eigenvalue weighted by atomic mass is 10.0. The Labute approximate surface area is 159 Å². The van der Waals surface area contributed by atoms with Gasteiger partial charge in [0, 0.05) is 30.6 Å². The van der Waals surface area contributed by atoms with Gasteiger partial charge in [0.1, 0.15) is 5.58 Å². The lowest BCUT2D eigenvalue weighted by Gasteiger charge is -2.32. The second kappa shape index (κ2) is 8.07. The number of rotatable bonds is 5. The molecule has 1 fully saturated rings. The van der Waals surface area contributed by atoms with Gasteiger partial charge in [0.15, 0.2) is 0 Å². The summed E-state index contributed by atoms with van der Waals surface area (Å²) in [6.45, 7) is 6.03. The molecule has 1 saturated heterocycles. The Hall–Kier alpha value is -2.43. The highest BCUT2D eigenvalue weighted by atomic mass is 16.4. The fourth-order valence-corrected chi connectivity index (χ4v) is 3.88. The molecular weight excluding hydrogens is 336 g/mol. The average Bonchev–Trinajstić information content (AvgIpc) is 2.68. The van der Waals surface area contributed by atoms with Crippen LogP contribution in [0.2, 0.25) is 0 Å². The van der Waals surface area contributed by atoms with Crippen LogP contribution < -0.4 is 10.9 Å². The maximum absolute atomic E-state index is 11.6. The molecule has 2 aromatic carbocycles. The molecule has 0 aliphatic carbocycles. The van der Waals surface area contributed by atoms with Crippen molar-refractivity contribution in [1.82, 2.24) is 10.2 Å². The summed E-state index contributed by atoms with van der Waals surface area (Å²) >= 11 is 0. The number of nitrogens with zero attached hydrogens (tertiary/aromatic N) is 1. The van der Waals surface area contributed by atoms with Crippen LogP contribution in [0.25, 0.3) is 11.0 Å². The summed E-state index contributed by atoms with van der Waals surface area (Å²) in [4.78, 5) is 14.1. The Morgan fingerprint density at radius 1 is 1.04 bits per heavy atom. The largest absolute Gasteiger partial charge is 0.423 e. The van der Waals surface area contributed by atoms with E-state index in [9.17, 15) is 4.79 Å². The van der Waals surface area contributed by atoms with E-state index in [2.05, 4.69) is 46.6 Å². The summed E-state index contributed by atoms with van der Waals surface area (Å²) in [6, 6.07) is 18.9. The van der Waals surface area contributed by atoms with E-state index in [-0.39, 0.29) is 5.63 Å². The Bertz CT molecular complexity index is 957. The van der Waals surface area contributed by atoms with Crippen LogP contribution >= 0.6 is 0 Å². The molecule has 27 heavy (non-hydrogen) atoms. The normalized spacial score (nSPS) is 16.0. The monoisotopic (exact) mass is 362 g/mol. The van der Waals surface area contributed by atoms with Crippen molar-refractivity contribution in [2.45, 2.75) is 38.9 Å². The summed E-state index contributed by atoms with van der Waals surface area (Å²) in [7, 11) is 0. The molecule has 3 aromatic rings. The summed E-state index contributed by atoms with van der Waals surface area (Å²) in [5.41, 5.74) is 3.90. The average molecular weight is 362 g/mol. The highest BCUT2D eigenvalue weighted by Gasteiger charge is 2.18. The van der Waals surface area contributed by atoms with Gasteiger partial charge in [-0.25, -0.2) is 4.79 Å². The van der Waals surface area contributed by atoms with Crippen LogP contribution in [0.1, 0.15) is 29.5 Å². The molecule has 140 valence electrons. The van der Waals surface area contributed by atoms with Gasteiger partial charge in [-0.3, -0.25) is 4.90 Å². The van der Waals surface area contributed by atoms with Crippen LogP contribution in [-0.2, 0) is 13.1 Å². The minimum Gasteiger partial charge on any atom is -0.423 e. The molecule has 4 rings (SSSR count). The first-order chi connectivity index (χ1) is 13.2. The van der Waals surface area contributed by atoms with Crippen LogP contribution in [0.3, 0.4) is 0 Å². The van der Waals surface area contributed by atoms with Crippen LogP contribution in [-0.4, -0.2) is 24.0 Å². The second-order valence-electron chi connectivity index (χ2n) is 7.50. The molecule has 0 spiro atoms. The van der Waals surface area contributed by atoms with Gasteiger partial charge < -0.3 is 9.73 Å². The zero-order valence-electron chi connectivity index (χ0n) is 15.8. The third kappa shape index (κ3) is 4.46. The van der Waals surface area contributed by atoms with Crippen LogP contribution in [0.5, 0.6) is 0 Å². The minimum atomic E-state index is -0.282. The quantitative estimate of drug-likeness (QED) is 0.700. The summed E-state index contributed by atoms with van der Waals surface area (Å²) in [5, 5.41) is 4.68. The van der Waals surface area contributed by atoms with E-state index < -0.39 is 0 Å². The maximum atomic E-state index is 11.6. The SMILES string of the molecule is Cc1cc(=O)oc2cc(CNC3CCN(Cc4ccccc4)CC3)ccc12. The standard InChI is InChI=1S/C23H26N2O2/c1-17-13-23(26)27-22-14-19(7-8-21(17)22)15-24-20-9-11-25(12-10-20)16-18-5-3-2-4-6-18/h2-8,13-14,20,24H,9-12,15-16H2,1H3. The second-order valence-corrected chi connectivity index (χ2v) is 7.50. The first kappa shape index (κ1) is 18.0. The fourth-order valence-electron chi connectivity index (χ4n) is 3.88. The van der Waals surface area contributed by atoms with E-state index in [4.69, 9.17) is 4.42 Å². The van der Waals surface area contributed by atoms with Gasteiger partial charge in [0.05, 0.1) is 0 Å². The van der Waals surface area contributed by atoms with Crippen molar-refractivity contribution in [1.29, 1.82) is 0 Å². The molecule has 0 radical (unpaired) electrons. The van der Waals surface area contributed by atoms with E-state index in [1.54, 1.807) is 6.07 Å². The minimum absolute atomic E-state index is 0.282. The molecule has 2 heterocycles. The van der Waals surface area contributed by atoms with Gasteiger partial charge in [0.25, 0.3) is 0 Å². The smallest absolute Gasteiger partial charge is 0.336 e. The van der Waals surface area contributed by atoms with Gasteiger partial charge >= 0.3 is 5.63 Å². The number of likely N-dealkylation sites (tertiary alicyclic amines) is 1. The number of hydrogen-bond donors (Lipinski definition) is 1. The van der Waals surface area contributed by atoms with Crippen molar-refractivity contribution in [3.8, 4) is 0 Å². The van der Waals surface area contributed by atoms with Crippen molar-refractivity contribution in [3.05, 3.63) is 81.7 Å². The number of aryl methyl sites for hydroxylation is 1. The Balaban J connectivity index is 1.31. The van der Waals surface area contributed by atoms with Crippen molar-refractivity contribution < 1.29 is 4.42 Å². The van der Waals surface area contributed by atoms with Crippen molar-refractivity contribution >= 4 is 11.0 Å². The number of nitrogens with one attached hydrogen (secondary N) is 1. The van der Waals surface area contributed by atoms with E-state index in [1.165, 1.54) is 5.56 Å². The Kier molecular flexibility index (Phi) is 5.37. The van der Waals surface area contributed by atoms with Gasteiger partial charge in [-0.15, -0.1) is 0 Å². The number of hydrogen-bond acceptors (Lipinski definition) is 4. The van der Waals surface area contributed by atoms with Gasteiger partial charge in [-0.1, -0.05) is 42.5 Å². The topological polar surface area (TPSA) is 45.5 Å². The Morgan fingerprint density at radius 2 is 1.81 bits per heavy atom. The third-order valence-corrected chi connectivity index (χ3v) is 5.45. The molecule has 0 saturated carbocycles. The molecule has 0 unspecified atom stereocenters. The van der Waals surface area contributed by atoms with E-state index in [1.807, 2.05) is 19.1 Å². The number of benzene rings is 2. The van der Waals surface area contributed by atoms with Crippen molar-refractivity contribution in [3.63, 3.8) is 0 Å². The summed E-state index contributed by atoms with van der Waals surface area (Å²) in [6.07, 6.45) is 2.32. The molecule has 4 heteroatoms. The number of fused-ring (bicyclic) bond motifs is 1. The highest BCUT2D eigenvalue weighted by Crippen LogP contribution is 2.19. The van der Waals surface area contributed by atoms with Crippen LogP contribution in [0.4, 0.5) is 0 Å². The molecule has 1 aromatic heterocycles. The predicted molar refractivity (Wildman–Crippen MR) is 109 cm³/mol. The molecule has 4 nitrogen and oxygen atoms in total. The zero-order valence-corrected chi connectivity index (χ0v) is 15.8.